The Bertz CT molecular complexity index is 411. The van der Waals surface area contributed by atoms with Gasteiger partial charge in [-0.2, -0.15) is 0 Å². The maximum Gasteiger partial charge on any atom is 0.124 e. The Balaban J connectivity index is 2.29. The molecule has 2 rings (SSSR count). The van der Waals surface area contributed by atoms with Crippen LogP contribution in [0.3, 0.4) is 0 Å². The van der Waals surface area contributed by atoms with E-state index in [9.17, 15) is 0 Å². The number of hydrogen-bond acceptors (Lipinski definition) is 2. The fraction of sp³-hybridized carbons (Fsp3) is 0.500. The van der Waals surface area contributed by atoms with Crippen LogP contribution in [0.5, 0.6) is 5.75 Å². The Kier molecular flexibility index (Phi) is 4.82. The van der Waals surface area contributed by atoms with E-state index in [-0.39, 0.29) is 0 Å². The number of hydrogen-bond donors (Lipinski definition) is 1. The fourth-order valence-corrected chi connectivity index (χ4v) is 2.61. The summed E-state index contributed by atoms with van der Waals surface area (Å²) in [6, 6.07) is 8.70. The summed E-state index contributed by atoms with van der Waals surface area (Å²) in [7, 11) is 0. The average molecular weight is 245 g/mol. The van der Waals surface area contributed by atoms with Gasteiger partial charge in [0.1, 0.15) is 5.75 Å². The molecule has 0 saturated heterocycles. The summed E-state index contributed by atoms with van der Waals surface area (Å²) in [4.78, 5) is 0. The lowest BCUT2D eigenvalue weighted by Crippen LogP contribution is -2.23. The van der Waals surface area contributed by atoms with E-state index in [2.05, 4.69) is 36.5 Å². The molecule has 0 aliphatic heterocycles. The van der Waals surface area contributed by atoms with Crippen LogP contribution in [0.25, 0.3) is 0 Å². The van der Waals surface area contributed by atoms with Crippen LogP contribution in [0.1, 0.15) is 44.7 Å². The molecule has 1 aliphatic carbocycles. The zero-order valence-electron chi connectivity index (χ0n) is 11.4. The SMILES string of the molecule is CCNC(C1=CCCC1)c1ccccc1OCC. The van der Waals surface area contributed by atoms with Crippen molar-refractivity contribution < 1.29 is 4.74 Å². The van der Waals surface area contributed by atoms with Crippen LogP contribution in [-0.2, 0) is 0 Å². The fourth-order valence-electron chi connectivity index (χ4n) is 2.61. The van der Waals surface area contributed by atoms with Crippen LogP contribution < -0.4 is 10.1 Å². The molecule has 0 heterocycles. The number of ether oxygens (including phenoxy) is 1. The van der Waals surface area contributed by atoms with Gasteiger partial charge >= 0.3 is 0 Å². The number of nitrogens with one attached hydrogen (secondary N) is 1. The van der Waals surface area contributed by atoms with Gasteiger partial charge in [0.15, 0.2) is 0 Å². The van der Waals surface area contributed by atoms with Gasteiger partial charge in [-0.25, -0.2) is 0 Å². The van der Waals surface area contributed by atoms with Gasteiger partial charge in [0.25, 0.3) is 0 Å². The minimum Gasteiger partial charge on any atom is -0.494 e. The van der Waals surface area contributed by atoms with E-state index in [4.69, 9.17) is 4.74 Å². The number of allylic oxidation sites excluding steroid dienone is 1. The molecule has 1 aliphatic rings. The second-order valence-electron chi connectivity index (χ2n) is 4.63. The van der Waals surface area contributed by atoms with Gasteiger partial charge in [0.2, 0.25) is 0 Å². The molecule has 0 fully saturated rings. The quantitative estimate of drug-likeness (QED) is 0.769. The van der Waals surface area contributed by atoms with E-state index in [0.29, 0.717) is 6.04 Å². The second-order valence-corrected chi connectivity index (χ2v) is 4.63. The van der Waals surface area contributed by atoms with Crippen LogP contribution in [0.2, 0.25) is 0 Å². The molecule has 98 valence electrons. The lowest BCUT2D eigenvalue weighted by Gasteiger charge is -2.22. The van der Waals surface area contributed by atoms with Crippen molar-refractivity contribution in [1.29, 1.82) is 0 Å². The highest BCUT2D eigenvalue weighted by Crippen LogP contribution is 2.35. The Morgan fingerprint density at radius 2 is 2.11 bits per heavy atom. The van der Waals surface area contributed by atoms with E-state index in [1.165, 1.54) is 30.4 Å². The van der Waals surface area contributed by atoms with Crippen LogP contribution in [0.15, 0.2) is 35.9 Å². The maximum absolute atomic E-state index is 5.76. The lowest BCUT2D eigenvalue weighted by molar-refractivity contribution is 0.333. The van der Waals surface area contributed by atoms with Crippen molar-refractivity contribution in [3.8, 4) is 5.75 Å². The average Bonchev–Trinajstić information content (AvgIpc) is 2.91. The van der Waals surface area contributed by atoms with Crippen LogP contribution in [-0.4, -0.2) is 13.2 Å². The first kappa shape index (κ1) is 13.2. The Hall–Kier alpha value is -1.28. The molecule has 0 amide bonds. The third kappa shape index (κ3) is 2.94. The molecule has 1 aromatic rings. The third-order valence-electron chi connectivity index (χ3n) is 3.38. The summed E-state index contributed by atoms with van der Waals surface area (Å²) in [6.45, 7) is 5.89. The van der Waals surface area contributed by atoms with E-state index in [0.717, 1.165) is 18.9 Å². The summed E-state index contributed by atoms with van der Waals surface area (Å²) >= 11 is 0. The van der Waals surface area contributed by atoms with Gasteiger partial charge in [0.05, 0.1) is 12.6 Å². The summed E-state index contributed by atoms with van der Waals surface area (Å²) in [5, 5.41) is 3.59. The predicted octanol–water partition coefficient (Wildman–Crippen LogP) is 3.85. The van der Waals surface area contributed by atoms with Crippen molar-refractivity contribution in [2.24, 2.45) is 0 Å². The van der Waals surface area contributed by atoms with Crippen molar-refractivity contribution in [2.75, 3.05) is 13.2 Å². The minimum absolute atomic E-state index is 0.320. The molecule has 0 aromatic heterocycles. The molecule has 2 heteroatoms. The number of rotatable bonds is 6. The normalized spacial score (nSPS) is 16.4. The van der Waals surface area contributed by atoms with Gasteiger partial charge in [-0.1, -0.05) is 36.8 Å². The lowest BCUT2D eigenvalue weighted by atomic mass is 9.97. The smallest absolute Gasteiger partial charge is 0.124 e. The van der Waals surface area contributed by atoms with Crippen LogP contribution >= 0.6 is 0 Å². The maximum atomic E-state index is 5.76. The Labute approximate surface area is 110 Å². The zero-order chi connectivity index (χ0) is 12.8. The highest BCUT2D eigenvalue weighted by atomic mass is 16.5. The predicted molar refractivity (Wildman–Crippen MR) is 76.0 cm³/mol. The first-order chi connectivity index (χ1) is 8.86. The van der Waals surface area contributed by atoms with Gasteiger partial charge in [-0.3, -0.25) is 0 Å². The van der Waals surface area contributed by atoms with Gasteiger partial charge in [-0.15, -0.1) is 0 Å². The molecule has 1 aromatic carbocycles. The van der Waals surface area contributed by atoms with E-state index in [1.807, 2.05) is 13.0 Å². The van der Waals surface area contributed by atoms with Crippen molar-refractivity contribution in [1.82, 2.24) is 5.32 Å². The molecule has 1 atom stereocenters. The molecule has 1 N–H and O–H groups in total. The van der Waals surface area contributed by atoms with Gasteiger partial charge in [-0.05, 0) is 38.8 Å². The number of benzene rings is 1. The molecular weight excluding hydrogens is 222 g/mol. The first-order valence-corrected chi connectivity index (χ1v) is 7.00. The van der Waals surface area contributed by atoms with E-state index in [1.54, 1.807) is 0 Å². The van der Waals surface area contributed by atoms with E-state index < -0.39 is 0 Å². The summed E-state index contributed by atoms with van der Waals surface area (Å²) in [5.41, 5.74) is 2.79. The second kappa shape index (κ2) is 6.60. The molecule has 18 heavy (non-hydrogen) atoms. The van der Waals surface area contributed by atoms with Crippen molar-refractivity contribution in [3.63, 3.8) is 0 Å². The highest BCUT2D eigenvalue weighted by Gasteiger charge is 2.20. The van der Waals surface area contributed by atoms with Gasteiger partial charge < -0.3 is 10.1 Å². The molecule has 0 saturated carbocycles. The minimum atomic E-state index is 0.320. The number of para-hydroxylation sites is 1. The Morgan fingerprint density at radius 1 is 1.28 bits per heavy atom. The first-order valence-electron chi connectivity index (χ1n) is 7.00. The molecule has 0 bridgehead atoms. The molecular formula is C16H23NO. The van der Waals surface area contributed by atoms with Gasteiger partial charge in [0, 0.05) is 5.56 Å². The molecule has 1 unspecified atom stereocenters. The zero-order valence-corrected chi connectivity index (χ0v) is 11.4. The Morgan fingerprint density at radius 3 is 2.78 bits per heavy atom. The number of likely N-dealkylation sites (N-methyl/N-ethyl adjacent to an activating group) is 1. The molecule has 2 nitrogen and oxygen atoms in total. The monoisotopic (exact) mass is 245 g/mol. The van der Waals surface area contributed by atoms with Crippen molar-refractivity contribution >= 4 is 0 Å². The summed E-state index contributed by atoms with van der Waals surface area (Å²) in [6.07, 6.45) is 6.09. The van der Waals surface area contributed by atoms with Crippen molar-refractivity contribution in [3.05, 3.63) is 41.5 Å². The largest absolute Gasteiger partial charge is 0.494 e. The summed E-state index contributed by atoms with van der Waals surface area (Å²) < 4.78 is 5.76. The van der Waals surface area contributed by atoms with Crippen molar-refractivity contribution in [2.45, 2.75) is 39.2 Å². The topological polar surface area (TPSA) is 21.3 Å². The third-order valence-corrected chi connectivity index (χ3v) is 3.38. The molecule has 0 spiro atoms. The summed E-state index contributed by atoms with van der Waals surface area (Å²) in [5.74, 6) is 1.01. The standard InChI is InChI=1S/C16H23NO/c1-3-17-16(13-9-5-6-10-13)14-11-7-8-12-15(14)18-4-2/h7-9,11-12,16-17H,3-6,10H2,1-2H3. The van der Waals surface area contributed by atoms with E-state index >= 15 is 0 Å². The van der Waals surface area contributed by atoms with Crippen LogP contribution in [0, 0.1) is 0 Å². The highest BCUT2D eigenvalue weighted by molar-refractivity contribution is 5.41. The molecule has 0 radical (unpaired) electrons. The van der Waals surface area contributed by atoms with Crippen LogP contribution in [0.4, 0.5) is 0 Å².